The van der Waals surface area contributed by atoms with Crippen molar-refractivity contribution >= 4 is 27.8 Å². The summed E-state index contributed by atoms with van der Waals surface area (Å²) in [5.41, 5.74) is 19.7. The van der Waals surface area contributed by atoms with Crippen LogP contribution in [-0.4, -0.2) is 0 Å². The van der Waals surface area contributed by atoms with Crippen LogP contribution in [0.15, 0.2) is 206 Å². The van der Waals surface area contributed by atoms with Crippen LogP contribution in [0.4, 0.5) is 17.1 Å². The Balaban J connectivity index is 1.14. The van der Waals surface area contributed by atoms with Crippen LogP contribution in [0, 0.1) is 6.92 Å². The number of nitrogens with zero attached hydrogens (tertiary/aromatic N) is 1. The van der Waals surface area contributed by atoms with E-state index in [-0.39, 0.29) is 0 Å². The van der Waals surface area contributed by atoms with Crippen molar-refractivity contribution in [3.05, 3.63) is 234 Å². The second kappa shape index (κ2) is 12.3. The molecule has 9 aromatic carbocycles. The second-order valence-electron chi connectivity index (χ2n) is 14.9. The normalized spacial score (nSPS) is 14.7. The molecular formula is C54H37N. The average molecular weight is 700 g/mol. The average Bonchev–Trinajstić information content (AvgIpc) is 3.72. The number of benzene rings is 9. The fraction of sp³-hybridized carbons (Fsp3) is 0.0370. The number of anilines is 3. The van der Waals surface area contributed by atoms with Gasteiger partial charge in [0.2, 0.25) is 0 Å². The second-order valence-corrected chi connectivity index (χ2v) is 14.9. The Labute approximate surface area is 322 Å². The van der Waals surface area contributed by atoms with Crippen molar-refractivity contribution in [2.75, 3.05) is 4.90 Å². The van der Waals surface area contributed by atoms with Crippen molar-refractivity contribution in [1.82, 2.24) is 0 Å². The minimum Gasteiger partial charge on any atom is -0.310 e. The molecule has 9 aromatic rings. The van der Waals surface area contributed by atoms with E-state index >= 15 is 0 Å². The molecule has 0 bridgehead atoms. The summed E-state index contributed by atoms with van der Waals surface area (Å²) in [6.45, 7) is 2.14. The fourth-order valence-electron chi connectivity index (χ4n) is 9.46. The minimum absolute atomic E-state index is 0.448. The molecule has 1 nitrogen and oxygen atoms in total. The van der Waals surface area contributed by atoms with Crippen LogP contribution in [0.2, 0.25) is 0 Å². The molecule has 2 aliphatic carbocycles. The first kappa shape index (κ1) is 31.6. The molecule has 1 atom stereocenters. The van der Waals surface area contributed by atoms with Crippen molar-refractivity contribution in [2.45, 2.75) is 12.3 Å². The first-order valence-electron chi connectivity index (χ1n) is 19.2. The van der Waals surface area contributed by atoms with Crippen LogP contribution in [0.1, 0.15) is 27.8 Å². The molecule has 258 valence electrons. The van der Waals surface area contributed by atoms with Gasteiger partial charge in [0.25, 0.3) is 0 Å². The predicted molar refractivity (Wildman–Crippen MR) is 231 cm³/mol. The largest absolute Gasteiger partial charge is 0.310 e. The summed E-state index contributed by atoms with van der Waals surface area (Å²) in [5, 5.41) is 2.58. The van der Waals surface area contributed by atoms with Crippen LogP contribution >= 0.6 is 0 Å². The summed E-state index contributed by atoms with van der Waals surface area (Å²) in [5.74, 6) is 0. The Morgan fingerprint density at radius 3 is 1.55 bits per heavy atom. The molecule has 0 radical (unpaired) electrons. The van der Waals surface area contributed by atoms with Gasteiger partial charge in [-0.3, -0.25) is 0 Å². The van der Waals surface area contributed by atoms with Gasteiger partial charge in [-0.25, -0.2) is 0 Å². The molecule has 0 heterocycles. The first-order valence-corrected chi connectivity index (χ1v) is 19.2. The highest BCUT2D eigenvalue weighted by Crippen LogP contribution is 2.64. The smallest absolute Gasteiger partial charge is 0.0726 e. The van der Waals surface area contributed by atoms with Gasteiger partial charge in [-0.2, -0.15) is 0 Å². The van der Waals surface area contributed by atoms with E-state index in [0.29, 0.717) is 0 Å². The van der Waals surface area contributed by atoms with E-state index in [1.165, 1.54) is 83.1 Å². The molecule has 2 aliphatic rings. The molecule has 1 heteroatoms. The Bertz CT molecular complexity index is 2900. The number of hydrogen-bond donors (Lipinski definition) is 0. The molecule has 0 saturated carbocycles. The lowest BCUT2D eigenvalue weighted by Crippen LogP contribution is -2.26. The van der Waals surface area contributed by atoms with Crippen LogP contribution in [0.25, 0.3) is 55.3 Å². The van der Waals surface area contributed by atoms with Crippen molar-refractivity contribution in [3.63, 3.8) is 0 Å². The molecule has 0 N–H and O–H groups in total. The summed E-state index contributed by atoms with van der Waals surface area (Å²) in [7, 11) is 0. The lowest BCUT2D eigenvalue weighted by molar-refractivity contribution is 0.794. The molecule has 1 spiro atoms. The van der Waals surface area contributed by atoms with Crippen molar-refractivity contribution in [3.8, 4) is 44.5 Å². The van der Waals surface area contributed by atoms with E-state index in [1.54, 1.807) is 0 Å². The Hall–Kier alpha value is -6.96. The summed E-state index contributed by atoms with van der Waals surface area (Å²) in [4.78, 5) is 2.42. The van der Waals surface area contributed by atoms with Gasteiger partial charge in [-0.1, -0.05) is 175 Å². The maximum Gasteiger partial charge on any atom is 0.0726 e. The highest BCUT2D eigenvalue weighted by Gasteiger charge is 2.52. The molecule has 55 heavy (non-hydrogen) atoms. The van der Waals surface area contributed by atoms with Gasteiger partial charge in [0.15, 0.2) is 0 Å². The lowest BCUT2D eigenvalue weighted by Gasteiger charge is -2.32. The maximum atomic E-state index is 2.48. The molecule has 1 unspecified atom stereocenters. The lowest BCUT2D eigenvalue weighted by atomic mass is 9.70. The third-order valence-corrected chi connectivity index (χ3v) is 12.0. The minimum atomic E-state index is -0.448. The zero-order chi connectivity index (χ0) is 36.5. The first-order chi connectivity index (χ1) is 27.2. The van der Waals surface area contributed by atoms with Crippen molar-refractivity contribution in [1.29, 1.82) is 0 Å². The third kappa shape index (κ3) is 4.73. The standard InChI is InChI=1S/C54H37N/c1-36-19-21-38(22-20-36)40-25-30-43(31-26-40)55(42-28-23-39(24-29-42)37-11-3-2-4-12-37)44-32-33-47-46-15-7-9-17-49(46)54(52(47)35-44)50-18-10-8-16-48(50)53-45-14-6-5-13-41(45)27-34-51(53)54/h2-35H,1H3. The van der Waals surface area contributed by atoms with Crippen LogP contribution in [-0.2, 0) is 5.41 Å². The molecule has 0 saturated heterocycles. The van der Waals surface area contributed by atoms with E-state index in [1.807, 2.05) is 0 Å². The molecule has 0 amide bonds. The summed E-state index contributed by atoms with van der Waals surface area (Å²) in [6.07, 6.45) is 0. The van der Waals surface area contributed by atoms with E-state index < -0.39 is 5.41 Å². The van der Waals surface area contributed by atoms with E-state index in [4.69, 9.17) is 0 Å². The van der Waals surface area contributed by atoms with Gasteiger partial charge < -0.3 is 4.90 Å². The number of hydrogen-bond acceptors (Lipinski definition) is 1. The van der Waals surface area contributed by atoms with E-state index in [9.17, 15) is 0 Å². The molecule has 0 aromatic heterocycles. The number of aryl methyl sites for hydroxylation is 1. The number of rotatable bonds is 5. The van der Waals surface area contributed by atoms with Crippen LogP contribution in [0.5, 0.6) is 0 Å². The Morgan fingerprint density at radius 2 is 0.855 bits per heavy atom. The summed E-state index contributed by atoms with van der Waals surface area (Å²) < 4.78 is 0. The highest BCUT2D eigenvalue weighted by molar-refractivity contribution is 6.06. The Morgan fingerprint density at radius 1 is 0.345 bits per heavy atom. The summed E-state index contributed by atoms with van der Waals surface area (Å²) in [6, 6.07) is 76.4. The molecule has 0 aliphatic heterocycles. The molecule has 11 rings (SSSR count). The zero-order valence-corrected chi connectivity index (χ0v) is 30.6. The number of fused-ring (bicyclic) bond motifs is 12. The quantitative estimate of drug-likeness (QED) is 0.173. The third-order valence-electron chi connectivity index (χ3n) is 12.0. The van der Waals surface area contributed by atoms with Gasteiger partial charge in [0.1, 0.15) is 0 Å². The van der Waals surface area contributed by atoms with Crippen molar-refractivity contribution in [2.24, 2.45) is 0 Å². The van der Waals surface area contributed by atoms with Crippen LogP contribution < -0.4 is 4.90 Å². The SMILES string of the molecule is Cc1ccc(-c2ccc(N(c3ccc(-c4ccccc4)cc3)c3ccc4c(c3)C3(c5ccccc5-4)c4ccccc4-c4c3ccc3ccccc43)cc2)cc1. The predicted octanol–water partition coefficient (Wildman–Crippen LogP) is 14.3. The van der Waals surface area contributed by atoms with Gasteiger partial charge in [0.05, 0.1) is 5.41 Å². The Kier molecular flexibility index (Phi) is 7.06. The van der Waals surface area contributed by atoms with Gasteiger partial charge >= 0.3 is 0 Å². The van der Waals surface area contributed by atoms with E-state index in [0.717, 1.165) is 17.1 Å². The van der Waals surface area contributed by atoms with Gasteiger partial charge in [-0.05, 0) is 121 Å². The highest BCUT2D eigenvalue weighted by atomic mass is 15.1. The fourth-order valence-corrected chi connectivity index (χ4v) is 9.46. The molecular weight excluding hydrogens is 663 g/mol. The van der Waals surface area contributed by atoms with Crippen LogP contribution in [0.3, 0.4) is 0 Å². The van der Waals surface area contributed by atoms with Crippen molar-refractivity contribution < 1.29 is 0 Å². The molecule has 0 fully saturated rings. The summed E-state index contributed by atoms with van der Waals surface area (Å²) >= 11 is 0. The monoisotopic (exact) mass is 699 g/mol. The van der Waals surface area contributed by atoms with E-state index in [2.05, 4.69) is 218 Å². The topological polar surface area (TPSA) is 3.24 Å². The maximum absolute atomic E-state index is 2.48. The zero-order valence-electron chi connectivity index (χ0n) is 30.6. The van der Waals surface area contributed by atoms with Gasteiger partial charge in [-0.15, -0.1) is 0 Å². The van der Waals surface area contributed by atoms with Gasteiger partial charge in [0, 0.05) is 17.1 Å².